The maximum absolute atomic E-state index is 12.2. The molecule has 1 fully saturated rings. The number of carboxylic acid groups (broad SMARTS) is 2. The van der Waals surface area contributed by atoms with Crippen LogP contribution in [0.5, 0.6) is 5.75 Å². The molecular weight excluding hydrogens is 448 g/mol. The van der Waals surface area contributed by atoms with E-state index in [9.17, 15) is 4.79 Å². The van der Waals surface area contributed by atoms with Crippen molar-refractivity contribution in [2.75, 3.05) is 33.3 Å². The zero-order valence-corrected chi connectivity index (χ0v) is 17.3. The largest absolute Gasteiger partial charge is 0.496 e. The molecule has 1 aliphatic heterocycles. The van der Waals surface area contributed by atoms with Crippen molar-refractivity contribution in [2.24, 2.45) is 0 Å². The van der Waals surface area contributed by atoms with Gasteiger partial charge in [-0.05, 0) is 45.8 Å². The molecule has 1 saturated heterocycles. The molecule has 10 heteroatoms. The third-order valence-electron chi connectivity index (χ3n) is 4.20. The van der Waals surface area contributed by atoms with Crippen molar-refractivity contribution in [3.63, 3.8) is 0 Å². The lowest BCUT2D eigenvalue weighted by atomic mass is 10.2. The van der Waals surface area contributed by atoms with Gasteiger partial charge in [0, 0.05) is 32.7 Å². The summed E-state index contributed by atoms with van der Waals surface area (Å²) in [5.74, 6) is -2.42. The summed E-state index contributed by atoms with van der Waals surface area (Å²) in [4.78, 5) is 34.6. The normalized spacial score (nSPS) is 13.9. The fraction of sp³-hybridized carbons (Fsp3) is 0.316. The van der Waals surface area contributed by atoms with Crippen LogP contribution in [0.2, 0.25) is 0 Å². The first-order valence-electron chi connectivity index (χ1n) is 8.65. The maximum atomic E-state index is 12.2. The van der Waals surface area contributed by atoms with Gasteiger partial charge in [0.2, 0.25) is 0 Å². The number of methoxy groups -OCH3 is 1. The number of benzene rings is 1. The Bertz CT molecular complexity index is 834. The Hall–Kier alpha value is -2.85. The molecule has 0 aliphatic carbocycles. The molecule has 9 nitrogen and oxygen atoms in total. The summed E-state index contributed by atoms with van der Waals surface area (Å²) < 4.78 is 11.4. The van der Waals surface area contributed by atoms with Crippen LogP contribution in [0, 0.1) is 0 Å². The Morgan fingerprint density at radius 3 is 2.24 bits per heavy atom. The molecule has 0 saturated carbocycles. The number of rotatable bonds is 4. The predicted molar refractivity (Wildman–Crippen MR) is 106 cm³/mol. The van der Waals surface area contributed by atoms with Crippen molar-refractivity contribution in [3.8, 4) is 5.75 Å². The van der Waals surface area contributed by atoms with Crippen molar-refractivity contribution in [1.29, 1.82) is 0 Å². The molecule has 156 valence electrons. The van der Waals surface area contributed by atoms with E-state index in [1.165, 1.54) is 11.8 Å². The highest BCUT2D eigenvalue weighted by Crippen LogP contribution is 2.26. The fourth-order valence-electron chi connectivity index (χ4n) is 2.73. The van der Waals surface area contributed by atoms with Crippen LogP contribution in [0.1, 0.15) is 16.1 Å². The van der Waals surface area contributed by atoms with Gasteiger partial charge in [-0.3, -0.25) is 9.69 Å². The summed E-state index contributed by atoms with van der Waals surface area (Å²) >= 11 is 3.52. The molecule has 29 heavy (non-hydrogen) atoms. The molecule has 2 N–H and O–H groups in total. The van der Waals surface area contributed by atoms with Gasteiger partial charge in [-0.1, -0.05) is 6.07 Å². The molecule has 1 aromatic carbocycles. The van der Waals surface area contributed by atoms with Gasteiger partial charge in [0.25, 0.3) is 5.91 Å². The second-order valence-electron chi connectivity index (χ2n) is 6.12. The fourth-order valence-corrected chi connectivity index (χ4v) is 3.32. The molecule has 0 unspecified atom stereocenters. The number of nitrogens with zero attached hydrogens (tertiary/aromatic N) is 2. The monoisotopic (exact) mass is 468 g/mol. The van der Waals surface area contributed by atoms with E-state index in [-0.39, 0.29) is 5.91 Å². The first kappa shape index (κ1) is 22.4. The first-order valence-corrected chi connectivity index (χ1v) is 9.45. The molecule has 1 amide bonds. The summed E-state index contributed by atoms with van der Waals surface area (Å²) in [5.41, 5.74) is 1.23. The topological polar surface area (TPSA) is 121 Å². The molecule has 0 atom stereocenters. The lowest BCUT2D eigenvalue weighted by Crippen LogP contribution is -2.48. The minimum atomic E-state index is -1.82. The predicted octanol–water partition coefficient (Wildman–Crippen LogP) is 2.16. The standard InChI is InChI=1S/C17H19BrN2O3.C2H2O4/c1-22-15-5-4-13(11-14(15)18)12-19-6-8-20(9-7-19)17(21)16-3-2-10-23-16;3-1(4)2(5)6/h2-5,10-11H,6-9,12H2,1H3;(H,3,4)(H,5,6). The van der Waals surface area contributed by atoms with E-state index < -0.39 is 11.9 Å². The molecule has 2 heterocycles. The molecule has 1 aliphatic rings. The Labute approximate surface area is 175 Å². The second-order valence-corrected chi connectivity index (χ2v) is 6.98. The van der Waals surface area contributed by atoms with Gasteiger partial charge in [-0.25, -0.2) is 9.59 Å². The van der Waals surface area contributed by atoms with Crippen LogP contribution in [0.3, 0.4) is 0 Å². The summed E-state index contributed by atoms with van der Waals surface area (Å²) in [6, 6.07) is 9.58. The Kier molecular flexibility index (Phi) is 8.22. The number of hydrogen-bond donors (Lipinski definition) is 2. The van der Waals surface area contributed by atoms with Crippen molar-refractivity contribution in [2.45, 2.75) is 6.54 Å². The van der Waals surface area contributed by atoms with E-state index in [1.54, 1.807) is 19.2 Å². The Morgan fingerprint density at radius 2 is 1.76 bits per heavy atom. The van der Waals surface area contributed by atoms with E-state index >= 15 is 0 Å². The number of hydrogen-bond acceptors (Lipinski definition) is 6. The van der Waals surface area contributed by atoms with Crippen molar-refractivity contribution in [1.82, 2.24) is 9.80 Å². The molecule has 3 rings (SSSR count). The number of amides is 1. The molecule has 0 spiro atoms. The van der Waals surface area contributed by atoms with Crippen LogP contribution < -0.4 is 4.74 Å². The van der Waals surface area contributed by atoms with E-state index in [0.29, 0.717) is 5.76 Å². The number of furan rings is 1. The van der Waals surface area contributed by atoms with Gasteiger partial charge in [-0.15, -0.1) is 0 Å². The second kappa shape index (κ2) is 10.6. The Balaban J connectivity index is 0.000000438. The number of carbonyl (C=O) groups is 3. The van der Waals surface area contributed by atoms with Gasteiger partial charge >= 0.3 is 11.9 Å². The zero-order valence-electron chi connectivity index (χ0n) is 15.7. The maximum Gasteiger partial charge on any atom is 0.414 e. The van der Waals surface area contributed by atoms with Crippen LogP contribution >= 0.6 is 15.9 Å². The van der Waals surface area contributed by atoms with E-state index in [0.717, 1.165) is 42.9 Å². The first-order chi connectivity index (χ1) is 13.8. The lowest BCUT2D eigenvalue weighted by molar-refractivity contribution is -0.159. The highest BCUT2D eigenvalue weighted by atomic mass is 79.9. The highest BCUT2D eigenvalue weighted by molar-refractivity contribution is 9.10. The van der Waals surface area contributed by atoms with E-state index in [2.05, 4.69) is 33.0 Å². The third-order valence-corrected chi connectivity index (χ3v) is 4.82. The SMILES string of the molecule is COc1ccc(CN2CCN(C(=O)c3ccco3)CC2)cc1Br.O=C(O)C(=O)O. The number of aliphatic carboxylic acids is 2. The Morgan fingerprint density at radius 1 is 1.10 bits per heavy atom. The summed E-state index contributed by atoms with van der Waals surface area (Å²) in [6.07, 6.45) is 1.53. The van der Waals surface area contributed by atoms with Gasteiger partial charge in [0.15, 0.2) is 5.76 Å². The number of ether oxygens (including phenoxy) is 1. The lowest BCUT2D eigenvalue weighted by Gasteiger charge is -2.34. The van der Waals surface area contributed by atoms with Crippen molar-refractivity contribution in [3.05, 3.63) is 52.4 Å². The number of halogens is 1. The number of carbonyl (C=O) groups excluding carboxylic acids is 1. The molecule has 1 aromatic heterocycles. The zero-order chi connectivity index (χ0) is 21.4. The summed E-state index contributed by atoms with van der Waals surface area (Å²) in [6.45, 7) is 4.02. The minimum absolute atomic E-state index is 0.0261. The molecule has 0 bridgehead atoms. The molecular formula is C19H21BrN2O7. The average Bonchev–Trinajstić information content (AvgIpc) is 3.23. The average molecular weight is 469 g/mol. The number of carboxylic acids is 2. The minimum Gasteiger partial charge on any atom is -0.496 e. The van der Waals surface area contributed by atoms with Crippen LogP contribution in [-0.4, -0.2) is 71.1 Å². The van der Waals surface area contributed by atoms with Crippen molar-refractivity contribution < 1.29 is 33.8 Å². The smallest absolute Gasteiger partial charge is 0.414 e. The molecule has 2 aromatic rings. The summed E-state index contributed by atoms with van der Waals surface area (Å²) in [7, 11) is 1.66. The summed E-state index contributed by atoms with van der Waals surface area (Å²) in [5, 5.41) is 14.8. The van der Waals surface area contributed by atoms with E-state index in [4.69, 9.17) is 29.0 Å². The van der Waals surface area contributed by atoms with Crippen LogP contribution in [0.15, 0.2) is 45.5 Å². The van der Waals surface area contributed by atoms with Crippen LogP contribution in [-0.2, 0) is 16.1 Å². The van der Waals surface area contributed by atoms with Gasteiger partial charge in [0.05, 0.1) is 17.8 Å². The van der Waals surface area contributed by atoms with Crippen molar-refractivity contribution >= 4 is 33.8 Å². The highest BCUT2D eigenvalue weighted by Gasteiger charge is 2.23. The third kappa shape index (κ3) is 6.61. The van der Waals surface area contributed by atoms with Crippen LogP contribution in [0.25, 0.3) is 0 Å². The van der Waals surface area contributed by atoms with Crippen LogP contribution in [0.4, 0.5) is 0 Å². The van der Waals surface area contributed by atoms with Gasteiger partial charge in [-0.2, -0.15) is 0 Å². The van der Waals surface area contributed by atoms with E-state index in [1.807, 2.05) is 11.0 Å². The van der Waals surface area contributed by atoms with Gasteiger partial charge in [0.1, 0.15) is 5.75 Å². The van der Waals surface area contributed by atoms with Gasteiger partial charge < -0.3 is 24.3 Å². The quantitative estimate of drug-likeness (QED) is 0.654. The molecule has 0 radical (unpaired) electrons. The number of piperazine rings is 1.